The summed E-state index contributed by atoms with van der Waals surface area (Å²) in [4.78, 5) is 25.8. The van der Waals surface area contributed by atoms with Crippen LogP contribution in [0.25, 0.3) is 5.69 Å². The number of aromatic nitrogens is 3. The summed E-state index contributed by atoms with van der Waals surface area (Å²) >= 11 is 8.07. The molecule has 0 bridgehead atoms. The molecule has 0 spiro atoms. The molecule has 4 rings (SSSR count). The van der Waals surface area contributed by atoms with Crippen LogP contribution in [0, 0.1) is 11.8 Å². The Morgan fingerprint density at radius 3 is 2.92 bits per heavy atom. The van der Waals surface area contributed by atoms with E-state index in [2.05, 4.69) is 39.2 Å². The zero-order valence-electron chi connectivity index (χ0n) is 21.7. The molecule has 200 valence electrons. The molecule has 0 radical (unpaired) electrons. The zero-order valence-corrected chi connectivity index (χ0v) is 23.3. The Kier molecular flexibility index (Phi) is 10.5. The van der Waals surface area contributed by atoms with Gasteiger partial charge in [0.2, 0.25) is 11.8 Å². The van der Waals surface area contributed by atoms with Gasteiger partial charge >= 0.3 is 0 Å². The maximum Gasteiger partial charge on any atom is 0.222 e. The molecule has 1 saturated heterocycles. The third kappa shape index (κ3) is 8.34. The molecule has 2 atom stereocenters. The topological polar surface area (TPSA) is 80.1 Å². The van der Waals surface area contributed by atoms with E-state index in [0.717, 1.165) is 74.0 Å². The summed E-state index contributed by atoms with van der Waals surface area (Å²) in [5.74, 6) is 3.49. The predicted octanol–water partition coefficient (Wildman–Crippen LogP) is 5.46. The number of likely N-dealkylation sites (tertiary alicyclic amines) is 1. The van der Waals surface area contributed by atoms with E-state index in [9.17, 15) is 9.59 Å². The van der Waals surface area contributed by atoms with E-state index in [1.54, 1.807) is 11.8 Å². The van der Waals surface area contributed by atoms with Crippen LogP contribution in [0.3, 0.4) is 0 Å². The van der Waals surface area contributed by atoms with Gasteiger partial charge in [0.15, 0.2) is 5.16 Å². The van der Waals surface area contributed by atoms with Gasteiger partial charge in [-0.25, -0.2) is 0 Å². The van der Waals surface area contributed by atoms with E-state index in [1.165, 1.54) is 6.42 Å². The summed E-state index contributed by atoms with van der Waals surface area (Å²) in [6.45, 7) is 4.47. The van der Waals surface area contributed by atoms with E-state index < -0.39 is 0 Å². The highest BCUT2D eigenvalue weighted by atomic mass is 35.5. The smallest absolute Gasteiger partial charge is 0.222 e. The normalized spacial score (nSPS) is 19.5. The number of nitrogens with one attached hydrogen (secondary N) is 1. The SMILES string of the molecule is CC1C=CCC(CSc2nnc(CCCCC(=O)NCCCN3CCCC3=O)n2-c2cccc(Cl)c2)C1. The summed E-state index contributed by atoms with van der Waals surface area (Å²) in [5.41, 5.74) is 0.973. The number of carbonyl (C=O) groups excluding carboxylic acids is 2. The van der Waals surface area contributed by atoms with Gasteiger partial charge in [-0.15, -0.1) is 10.2 Å². The monoisotopic (exact) mass is 543 g/mol. The fourth-order valence-corrected chi connectivity index (χ4v) is 6.34. The fraction of sp³-hybridized carbons (Fsp3) is 0.571. The van der Waals surface area contributed by atoms with Gasteiger partial charge in [0.25, 0.3) is 0 Å². The highest BCUT2D eigenvalue weighted by molar-refractivity contribution is 7.99. The van der Waals surface area contributed by atoms with Crippen molar-refractivity contribution in [3.05, 3.63) is 47.3 Å². The van der Waals surface area contributed by atoms with Gasteiger partial charge in [-0.3, -0.25) is 14.2 Å². The summed E-state index contributed by atoms with van der Waals surface area (Å²) in [6, 6.07) is 7.82. The Balaban J connectivity index is 1.26. The molecule has 0 saturated carbocycles. The third-order valence-corrected chi connectivity index (χ3v) is 8.40. The van der Waals surface area contributed by atoms with Crippen molar-refractivity contribution in [2.24, 2.45) is 11.8 Å². The van der Waals surface area contributed by atoms with Gasteiger partial charge in [-0.1, -0.05) is 48.5 Å². The number of allylic oxidation sites excluding steroid dienone is 2. The van der Waals surface area contributed by atoms with Crippen molar-refractivity contribution in [2.45, 2.75) is 69.9 Å². The summed E-state index contributed by atoms with van der Waals surface area (Å²) in [7, 11) is 0. The number of halogens is 1. The van der Waals surface area contributed by atoms with E-state index >= 15 is 0 Å². The minimum absolute atomic E-state index is 0.0658. The first-order valence-corrected chi connectivity index (χ1v) is 14.9. The largest absolute Gasteiger partial charge is 0.356 e. The molecule has 1 N–H and O–H groups in total. The Bertz CT molecular complexity index is 1090. The van der Waals surface area contributed by atoms with E-state index in [1.807, 2.05) is 29.2 Å². The van der Waals surface area contributed by atoms with E-state index in [0.29, 0.717) is 36.2 Å². The van der Waals surface area contributed by atoms with Crippen LogP contribution >= 0.6 is 23.4 Å². The molecule has 1 aliphatic carbocycles. The lowest BCUT2D eigenvalue weighted by molar-refractivity contribution is -0.127. The quantitative estimate of drug-likeness (QED) is 0.206. The zero-order chi connectivity index (χ0) is 26.0. The average molecular weight is 544 g/mol. The number of amides is 2. The second-order valence-electron chi connectivity index (χ2n) is 10.2. The number of benzene rings is 1. The standard InChI is InChI=1S/C28H38ClN5O2S/c1-21-8-4-9-22(18-21)20-37-28-32-31-25(34(28)24-11-5-10-23(29)19-24)12-2-3-13-26(35)30-15-7-17-33-16-6-14-27(33)36/h4-5,8,10-11,19,21-22H,2-3,6-7,9,12-18,20H2,1H3,(H,30,35). The lowest BCUT2D eigenvalue weighted by atomic mass is 9.89. The minimum atomic E-state index is 0.0658. The summed E-state index contributed by atoms with van der Waals surface area (Å²) in [6.07, 6.45) is 12.2. The average Bonchev–Trinajstić information content (AvgIpc) is 3.48. The lowest BCUT2D eigenvalue weighted by Gasteiger charge is -2.21. The number of hydrogen-bond acceptors (Lipinski definition) is 5. The van der Waals surface area contributed by atoms with E-state index in [4.69, 9.17) is 11.6 Å². The molecule has 2 aromatic rings. The molecule has 2 aliphatic rings. The molecule has 2 heterocycles. The molecular weight excluding hydrogens is 506 g/mol. The minimum Gasteiger partial charge on any atom is -0.356 e. The van der Waals surface area contributed by atoms with Crippen molar-refractivity contribution in [3.8, 4) is 5.69 Å². The van der Waals surface area contributed by atoms with Gasteiger partial charge in [0.05, 0.1) is 5.69 Å². The Morgan fingerprint density at radius 2 is 2.14 bits per heavy atom. The number of rotatable bonds is 13. The number of nitrogens with zero attached hydrogens (tertiary/aromatic N) is 4. The van der Waals surface area contributed by atoms with Crippen molar-refractivity contribution in [1.29, 1.82) is 0 Å². The van der Waals surface area contributed by atoms with Gasteiger partial charge in [-0.05, 0) is 68.6 Å². The van der Waals surface area contributed by atoms with Crippen molar-refractivity contribution in [3.63, 3.8) is 0 Å². The van der Waals surface area contributed by atoms with Crippen LogP contribution in [-0.4, -0.2) is 56.9 Å². The van der Waals surface area contributed by atoms with Crippen LogP contribution in [0.2, 0.25) is 5.02 Å². The van der Waals surface area contributed by atoms with Crippen LogP contribution < -0.4 is 5.32 Å². The first-order valence-electron chi connectivity index (χ1n) is 13.5. The second-order valence-corrected chi connectivity index (χ2v) is 11.6. The van der Waals surface area contributed by atoms with Gasteiger partial charge in [0.1, 0.15) is 5.82 Å². The van der Waals surface area contributed by atoms with Crippen molar-refractivity contribution < 1.29 is 9.59 Å². The maximum absolute atomic E-state index is 12.3. The number of carbonyl (C=O) groups is 2. The molecule has 7 nitrogen and oxygen atoms in total. The molecule has 2 amide bonds. The molecule has 37 heavy (non-hydrogen) atoms. The molecule has 1 aromatic heterocycles. The maximum atomic E-state index is 12.3. The predicted molar refractivity (Wildman–Crippen MR) is 149 cm³/mol. The fourth-order valence-electron chi connectivity index (χ4n) is 5.06. The Hall–Kier alpha value is -2.32. The van der Waals surface area contributed by atoms with Gasteiger partial charge in [-0.2, -0.15) is 0 Å². The van der Waals surface area contributed by atoms with Crippen LogP contribution in [0.15, 0.2) is 41.6 Å². The number of unbranched alkanes of at least 4 members (excludes halogenated alkanes) is 1. The Morgan fingerprint density at radius 1 is 1.24 bits per heavy atom. The van der Waals surface area contributed by atoms with Gasteiger partial charge in [0, 0.05) is 49.7 Å². The first kappa shape index (κ1) is 27.7. The van der Waals surface area contributed by atoms with Crippen LogP contribution in [0.1, 0.15) is 64.1 Å². The molecular formula is C28H38ClN5O2S. The summed E-state index contributed by atoms with van der Waals surface area (Å²) < 4.78 is 2.12. The number of aryl methyl sites for hydroxylation is 1. The lowest BCUT2D eigenvalue weighted by Crippen LogP contribution is -2.30. The number of hydrogen-bond donors (Lipinski definition) is 1. The van der Waals surface area contributed by atoms with Gasteiger partial charge < -0.3 is 10.2 Å². The summed E-state index contributed by atoms with van der Waals surface area (Å²) in [5, 5.41) is 13.6. The molecule has 9 heteroatoms. The molecule has 1 fully saturated rings. The molecule has 1 aromatic carbocycles. The highest BCUT2D eigenvalue weighted by Gasteiger charge is 2.20. The second kappa shape index (κ2) is 14.0. The number of thioether (sulfide) groups is 1. The van der Waals surface area contributed by atoms with E-state index in [-0.39, 0.29) is 11.8 Å². The first-order chi connectivity index (χ1) is 18.0. The molecule has 2 unspecified atom stereocenters. The van der Waals surface area contributed by atoms with Crippen LogP contribution in [-0.2, 0) is 16.0 Å². The van der Waals surface area contributed by atoms with Crippen molar-refractivity contribution in [1.82, 2.24) is 25.0 Å². The van der Waals surface area contributed by atoms with Crippen molar-refractivity contribution >= 4 is 35.2 Å². The van der Waals surface area contributed by atoms with Crippen LogP contribution in [0.5, 0.6) is 0 Å². The van der Waals surface area contributed by atoms with Crippen molar-refractivity contribution in [2.75, 3.05) is 25.4 Å². The molecule has 1 aliphatic heterocycles. The third-order valence-electron chi connectivity index (χ3n) is 7.01. The van der Waals surface area contributed by atoms with Crippen LogP contribution in [0.4, 0.5) is 0 Å². The highest BCUT2D eigenvalue weighted by Crippen LogP contribution is 2.31. The Labute approximate surface area is 229 Å².